The van der Waals surface area contributed by atoms with Crippen LogP contribution in [-0.2, 0) is 19.4 Å². The molecule has 0 bridgehead atoms. The lowest BCUT2D eigenvalue weighted by molar-refractivity contribution is 0.374. The van der Waals surface area contributed by atoms with E-state index in [1.165, 1.54) is 0 Å². The van der Waals surface area contributed by atoms with Crippen LogP contribution < -0.4 is 5.32 Å². The van der Waals surface area contributed by atoms with Crippen LogP contribution in [0.4, 0.5) is 5.82 Å². The van der Waals surface area contributed by atoms with Gasteiger partial charge >= 0.3 is 0 Å². The molecule has 4 heterocycles. The molecular formula is C15H18N6S. The van der Waals surface area contributed by atoms with Crippen LogP contribution >= 0.6 is 11.3 Å². The van der Waals surface area contributed by atoms with Crippen LogP contribution in [0, 0.1) is 5.92 Å². The fourth-order valence-corrected chi connectivity index (χ4v) is 3.85. The van der Waals surface area contributed by atoms with Gasteiger partial charge in [0.25, 0.3) is 0 Å². The quantitative estimate of drug-likeness (QED) is 0.801. The number of nitrogens with one attached hydrogen (secondary N) is 1. The van der Waals surface area contributed by atoms with Crippen molar-refractivity contribution in [3.8, 4) is 0 Å². The fraction of sp³-hybridized carbons (Fsp3) is 0.467. The molecule has 6 nitrogen and oxygen atoms in total. The van der Waals surface area contributed by atoms with Crippen molar-refractivity contribution in [1.29, 1.82) is 0 Å². The van der Waals surface area contributed by atoms with E-state index in [4.69, 9.17) is 0 Å². The number of aromatic nitrogens is 5. The lowest BCUT2D eigenvalue weighted by Gasteiger charge is -2.24. The van der Waals surface area contributed by atoms with Crippen molar-refractivity contribution in [3.05, 3.63) is 29.4 Å². The highest BCUT2D eigenvalue weighted by atomic mass is 32.1. The monoisotopic (exact) mass is 314 g/mol. The first-order valence-corrected chi connectivity index (χ1v) is 8.56. The zero-order valence-corrected chi connectivity index (χ0v) is 13.3. The Hall–Kier alpha value is -2.02. The lowest BCUT2D eigenvalue weighted by atomic mass is 9.99. The minimum atomic E-state index is 0.582. The molecule has 0 spiro atoms. The Labute approximate surface area is 132 Å². The zero-order chi connectivity index (χ0) is 14.9. The van der Waals surface area contributed by atoms with Crippen LogP contribution in [0.25, 0.3) is 10.2 Å². The molecule has 3 aromatic rings. The summed E-state index contributed by atoms with van der Waals surface area (Å²) in [4.78, 5) is 8.67. The Morgan fingerprint density at radius 3 is 3.23 bits per heavy atom. The molecule has 0 amide bonds. The maximum atomic E-state index is 4.39. The highest BCUT2D eigenvalue weighted by Crippen LogP contribution is 2.26. The molecule has 22 heavy (non-hydrogen) atoms. The highest BCUT2D eigenvalue weighted by molar-refractivity contribution is 7.17. The molecule has 4 rings (SSSR count). The van der Waals surface area contributed by atoms with Crippen LogP contribution in [-0.4, -0.2) is 31.3 Å². The second-order valence-corrected chi connectivity index (χ2v) is 6.56. The van der Waals surface area contributed by atoms with E-state index in [0.717, 1.165) is 60.0 Å². The van der Waals surface area contributed by atoms with Gasteiger partial charge in [-0.1, -0.05) is 6.92 Å². The SMILES string of the molecule is CCc1nnc2n1C[C@H](CNc1ncnc3ccsc13)CC2. The second-order valence-electron chi connectivity index (χ2n) is 5.64. The molecule has 0 aliphatic carbocycles. The summed E-state index contributed by atoms with van der Waals surface area (Å²) in [6.07, 6.45) is 4.73. The molecule has 0 saturated carbocycles. The number of aryl methyl sites for hydroxylation is 2. The molecule has 1 atom stereocenters. The van der Waals surface area contributed by atoms with E-state index in [9.17, 15) is 0 Å². The summed E-state index contributed by atoms with van der Waals surface area (Å²) >= 11 is 1.68. The third kappa shape index (κ3) is 2.35. The van der Waals surface area contributed by atoms with Crippen molar-refractivity contribution < 1.29 is 0 Å². The minimum Gasteiger partial charge on any atom is -0.368 e. The molecule has 0 aromatic carbocycles. The first-order valence-electron chi connectivity index (χ1n) is 7.68. The third-order valence-corrected chi connectivity index (χ3v) is 5.15. The van der Waals surface area contributed by atoms with E-state index in [0.29, 0.717) is 5.92 Å². The van der Waals surface area contributed by atoms with Gasteiger partial charge in [-0.25, -0.2) is 9.97 Å². The van der Waals surface area contributed by atoms with Gasteiger partial charge in [-0.15, -0.1) is 21.5 Å². The number of nitrogens with zero attached hydrogens (tertiary/aromatic N) is 5. The Morgan fingerprint density at radius 1 is 1.36 bits per heavy atom. The van der Waals surface area contributed by atoms with Crippen LogP contribution in [0.1, 0.15) is 25.0 Å². The molecule has 0 radical (unpaired) electrons. The van der Waals surface area contributed by atoms with E-state index in [1.807, 2.05) is 6.07 Å². The molecule has 0 fully saturated rings. The maximum Gasteiger partial charge on any atom is 0.147 e. The van der Waals surface area contributed by atoms with E-state index >= 15 is 0 Å². The van der Waals surface area contributed by atoms with Crippen LogP contribution in [0.15, 0.2) is 17.8 Å². The number of hydrogen-bond donors (Lipinski definition) is 1. The summed E-state index contributed by atoms with van der Waals surface area (Å²) < 4.78 is 3.42. The van der Waals surface area contributed by atoms with Crippen LogP contribution in [0.2, 0.25) is 0 Å². The van der Waals surface area contributed by atoms with Gasteiger partial charge in [0.1, 0.15) is 23.8 Å². The normalized spacial score (nSPS) is 17.6. The van der Waals surface area contributed by atoms with Crippen molar-refractivity contribution in [3.63, 3.8) is 0 Å². The highest BCUT2D eigenvalue weighted by Gasteiger charge is 2.22. The molecule has 1 N–H and O–H groups in total. The Morgan fingerprint density at radius 2 is 2.32 bits per heavy atom. The van der Waals surface area contributed by atoms with E-state index < -0.39 is 0 Å². The summed E-state index contributed by atoms with van der Waals surface area (Å²) in [5.41, 5.74) is 1.01. The summed E-state index contributed by atoms with van der Waals surface area (Å²) in [6, 6.07) is 2.03. The van der Waals surface area contributed by atoms with Gasteiger partial charge in [0.05, 0.1) is 10.2 Å². The largest absolute Gasteiger partial charge is 0.368 e. The van der Waals surface area contributed by atoms with E-state index in [1.54, 1.807) is 17.7 Å². The van der Waals surface area contributed by atoms with E-state index in [2.05, 4.69) is 42.4 Å². The number of hydrogen-bond acceptors (Lipinski definition) is 6. The summed E-state index contributed by atoms with van der Waals surface area (Å²) in [5, 5.41) is 14.1. The molecule has 1 aliphatic rings. The van der Waals surface area contributed by atoms with Crippen molar-refractivity contribution in [2.45, 2.75) is 32.7 Å². The van der Waals surface area contributed by atoms with Gasteiger partial charge in [0.15, 0.2) is 0 Å². The van der Waals surface area contributed by atoms with Gasteiger partial charge in [0.2, 0.25) is 0 Å². The van der Waals surface area contributed by atoms with Crippen LogP contribution in [0.5, 0.6) is 0 Å². The van der Waals surface area contributed by atoms with Gasteiger partial charge < -0.3 is 9.88 Å². The van der Waals surface area contributed by atoms with Crippen molar-refractivity contribution in [1.82, 2.24) is 24.7 Å². The smallest absolute Gasteiger partial charge is 0.147 e. The molecular weight excluding hydrogens is 296 g/mol. The van der Waals surface area contributed by atoms with Gasteiger partial charge in [0, 0.05) is 25.9 Å². The summed E-state index contributed by atoms with van der Waals surface area (Å²) in [5.74, 6) is 3.77. The van der Waals surface area contributed by atoms with Gasteiger partial charge in [-0.05, 0) is 23.8 Å². The average Bonchev–Trinajstić information content (AvgIpc) is 3.18. The number of thiophene rings is 1. The van der Waals surface area contributed by atoms with Gasteiger partial charge in [-0.3, -0.25) is 0 Å². The average molecular weight is 314 g/mol. The molecule has 114 valence electrons. The first kappa shape index (κ1) is 13.6. The molecule has 0 saturated heterocycles. The number of fused-ring (bicyclic) bond motifs is 2. The van der Waals surface area contributed by atoms with Gasteiger partial charge in [-0.2, -0.15) is 0 Å². The summed E-state index contributed by atoms with van der Waals surface area (Å²) in [7, 11) is 0. The summed E-state index contributed by atoms with van der Waals surface area (Å²) in [6.45, 7) is 4.05. The minimum absolute atomic E-state index is 0.582. The fourth-order valence-electron chi connectivity index (χ4n) is 3.03. The Bertz CT molecular complexity index is 779. The third-order valence-electron chi connectivity index (χ3n) is 4.24. The number of rotatable bonds is 4. The lowest BCUT2D eigenvalue weighted by Crippen LogP contribution is -2.27. The number of anilines is 1. The first-order chi connectivity index (χ1) is 10.8. The van der Waals surface area contributed by atoms with Crippen LogP contribution in [0.3, 0.4) is 0 Å². The standard InChI is InChI=1S/C15H18N6S/c1-2-12-19-20-13-4-3-10(8-21(12)13)7-16-15-14-11(5-6-22-14)17-9-18-15/h5-6,9-10H,2-4,7-8H2,1H3,(H,16,17,18)/t10-/m0/s1. The molecule has 0 unspecified atom stereocenters. The maximum absolute atomic E-state index is 4.39. The molecule has 3 aromatic heterocycles. The Kier molecular flexibility index (Phi) is 3.49. The zero-order valence-electron chi connectivity index (χ0n) is 12.5. The van der Waals surface area contributed by atoms with Crippen molar-refractivity contribution in [2.24, 2.45) is 5.92 Å². The predicted molar refractivity (Wildman–Crippen MR) is 87.1 cm³/mol. The second kappa shape index (κ2) is 5.64. The topological polar surface area (TPSA) is 68.5 Å². The predicted octanol–water partition coefficient (Wildman–Crippen LogP) is 2.52. The van der Waals surface area contributed by atoms with E-state index in [-0.39, 0.29) is 0 Å². The molecule has 1 aliphatic heterocycles. The molecule has 7 heteroatoms. The Balaban J connectivity index is 1.48. The van der Waals surface area contributed by atoms with Crippen molar-refractivity contribution >= 4 is 27.4 Å². The van der Waals surface area contributed by atoms with Crippen molar-refractivity contribution in [2.75, 3.05) is 11.9 Å².